The first-order valence-corrected chi connectivity index (χ1v) is 7.47. The highest BCUT2D eigenvalue weighted by atomic mass is 28.3. The molecule has 1 atom stereocenters. The normalized spacial score (nSPS) is 14.5. The van der Waals surface area contributed by atoms with Crippen LogP contribution in [0.2, 0.25) is 25.7 Å². The van der Waals surface area contributed by atoms with Crippen molar-refractivity contribution in [1.29, 1.82) is 0 Å². The van der Waals surface area contributed by atoms with Gasteiger partial charge in [-0.25, -0.2) is 0 Å². The Labute approximate surface area is 68.8 Å². The van der Waals surface area contributed by atoms with Crippen LogP contribution in [-0.2, 0) is 4.79 Å². The Morgan fingerprint density at radius 2 is 2.00 bits per heavy atom. The van der Waals surface area contributed by atoms with Crippen LogP contribution in [0.5, 0.6) is 0 Å². The van der Waals surface area contributed by atoms with E-state index in [1.54, 1.807) is 7.05 Å². The lowest BCUT2D eigenvalue weighted by Crippen LogP contribution is -2.40. The van der Waals surface area contributed by atoms with Gasteiger partial charge in [0, 0.05) is 8.07 Å². The lowest BCUT2D eigenvalue weighted by Gasteiger charge is -2.20. The first kappa shape index (κ1) is 10.6. The van der Waals surface area contributed by atoms with Crippen molar-refractivity contribution in [3.05, 3.63) is 0 Å². The minimum atomic E-state index is -1.25. The summed E-state index contributed by atoms with van der Waals surface area (Å²) in [6.45, 7) is 6.50. The highest BCUT2D eigenvalue weighted by Gasteiger charge is 2.23. The van der Waals surface area contributed by atoms with Gasteiger partial charge in [-0.2, -0.15) is 0 Å². The average Bonchev–Trinajstić information content (AvgIpc) is 1.80. The molecule has 11 heavy (non-hydrogen) atoms. The third kappa shape index (κ3) is 4.98. The van der Waals surface area contributed by atoms with Crippen molar-refractivity contribution in [3.8, 4) is 0 Å². The molecule has 0 rings (SSSR count). The van der Waals surface area contributed by atoms with Crippen molar-refractivity contribution in [3.63, 3.8) is 0 Å². The fourth-order valence-electron chi connectivity index (χ4n) is 0.925. The van der Waals surface area contributed by atoms with Crippen LogP contribution in [0.1, 0.15) is 0 Å². The van der Waals surface area contributed by atoms with Crippen LogP contribution in [0.3, 0.4) is 0 Å². The average molecular weight is 175 g/mol. The summed E-state index contributed by atoms with van der Waals surface area (Å²) in [7, 11) is 0.446. The monoisotopic (exact) mass is 175 g/mol. The van der Waals surface area contributed by atoms with Gasteiger partial charge in [0.15, 0.2) is 0 Å². The van der Waals surface area contributed by atoms with Gasteiger partial charge < -0.3 is 10.4 Å². The zero-order valence-electron chi connectivity index (χ0n) is 7.64. The van der Waals surface area contributed by atoms with E-state index in [4.69, 9.17) is 5.11 Å². The SMILES string of the molecule is CN[C@@H](C[Si](C)(C)C)C(=O)O. The van der Waals surface area contributed by atoms with E-state index >= 15 is 0 Å². The summed E-state index contributed by atoms with van der Waals surface area (Å²) in [6.07, 6.45) is 0. The number of rotatable bonds is 4. The molecule has 0 unspecified atom stereocenters. The first-order chi connectivity index (χ1) is 4.87. The first-order valence-electron chi connectivity index (χ1n) is 3.77. The largest absolute Gasteiger partial charge is 0.480 e. The topological polar surface area (TPSA) is 49.3 Å². The Morgan fingerprint density at radius 1 is 1.55 bits per heavy atom. The van der Waals surface area contributed by atoms with Gasteiger partial charge in [-0.15, -0.1) is 0 Å². The van der Waals surface area contributed by atoms with E-state index in [0.717, 1.165) is 6.04 Å². The third-order valence-electron chi connectivity index (χ3n) is 1.46. The maximum Gasteiger partial charge on any atom is 0.320 e. The molecule has 4 heteroatoms. The van der Waals surface area contributed by atoms with Crippen LogP contribution >= 0.6 is 0 Å². The van der Waals surface area contributed by atoms with E-state index < -0.39 is 14.0 Å². The van der Waals surface area contributed by atoms with Gasteiger partial charge >= 0.3 is 5.97 Å². The standard InChI is InChI=1S/C7H17NO2Si/c1-8-6(7(9)10)5-11(2,3)4/h6,8H,5H2,1-4H3,(H,9,10)/t6-/m0/s1. The Morgan fingerprint density at radius 3 is 2.09 bits per heavy atom. The van der Waals surface area contributed by atoms with E-state index in [9.17, 15) is 4.79 Å². The van der Waals surface area contributed by atoms with Gasteiger partial charge in [0.1, 0.15) is 6.04 Å². The molecule has 0 fully saturated rings. The summed E-state index contributed by atoms with van der Waals surface area (Å²) in [5.74, 6) is -0.741. The van der Waals surface area contributed by atoms with Gasteiger partial charge in [-0.1, -0.05) is 19.6 Å². The molecule has 0 aromatic rings. The number of carbonyl (C=O) groups is 1. The van der Waals surface area contributed by atoms with E-state index in [-0.39, 0.29) is 6.04 Å². The van der Waals surface area contributed by atoms with E-state index in [1.165, 1.54) is 0 Å². The summed E-state index contributed by atoms with van der Waals surface area (Å²) in [5, 5.41) is 11.5. The highest BCUT2D eigenvalue weighted by Crippen LogP contribution is 2.11. The van der Waals surface area contributed by atoms with Crippen molar-refractivity contribution in [2.24, 2.45) is 0 Å². The fourth-order valence-corrected chi connectivity index (χ4v) is 2.53. The minimum Gasteiger partial charge on any atom is -0.480 e. The number of likely N-dealkylation sites (N-methyl/N-ethyl adjacent to an activating group) is 1. The second-order valence-corrected chi connectivity index (χ2v) is 9.47. The lowest BCUT2D eigenvalue weighted by molar-refractivity contribution is -0.138. The molecule has 0 saturated carbocycles. The molecule has 0 spiro atoms. The van der Waals surface area contributed by atoms with Crippen LogP contribution < -0.4 is 5.32 Å². The van der Waals surface area contributed by atoms with Crippen molar-refractivity contribution >= 4 is 14.0 Å². The number of nitrogens with one attached hydrogen (secondary N) is 1. The summed E-state index contributed by atoms with van der Waals surface area (Å²) < 4.78 is 0. The summed E-state index contributed by atoms with van der Waals surface area (Å²) in [4.78, 5) is 10.6. The van der Waals surface area contributed by atoms with Crippen molar-refractivity contribution in [1.82, 2.24) is 5.32 Å². The molecule has 0 aromatic heterocycles. The number of hydrogen-bond acceptors (Lipinski definition) is 2. The van der Waals surface area contributed by atoms with E-state index in [2.05, 4.69) is 25.0 Å². The van der Waals surface area contributed by atoms with Crippen molar-refractivity contribution in [2.45, 2.75) is 31.7 Å². The van der Waals surface area contributed by atoms with Crippen LogP contribution in [0.25, 0.3) is 0 Å². The Balaban J connectivity index is 3.99. The fraction of sp³-hybridized carbons (Fsp3) is 0.857. The smallest absolute Gasteiger partial charge is 0.320 e. The quantitative estimate of drug-likeness (QED) is 0.627. The molecule has 3 nitrogen and oxygen atoms in total. The molecular weight excluding hydrogens is 158 g/mol. The molecule has 0 radical (unpaired) electrons. The maximum atomic E-state index is 10.6. The molecular formula is C7H17NO2Si. The molecule has 0 heterocycles. The zero-order valence-corrected chi connectivity index (χ0v) is 8.64. The van der Waals surface area contributed by atoms with Crippen LogP contribution in [0.4, 0.5) is 0 Å². The Hall–Kier alpha value is -0.353. The van der Waals surface area contributed by atoms with Crippen LogP contribution in [-0.4, -0.2) is 32.2 Å². The number of carboxylic acid groups (broad SMARTS) is 1. The Bertz CT molecular complexity index is 142. The second-order valence-electron chi connectivity index (χ2n) is 3.94. The van der Waals surface area contributed by atoms with Crippen LogP contribution in [0.15, 0.2) is 0 Å². The van der Waals surface area contributed by atoms with Crippen LogP contribution in [0, 0.1) is 0 Å². The van der Waals surface area contributed by atoms with E-state index in [0.29, 0.717) is 0 Å². The maximum absolute atomic E-state index is 10.6. The predicted octanol–water partition coefficient (Wildman–Crippen LogP) is 0.997. The van der Waals surface area contributed by atoms with Gasteiger partial charge in [-0.3, -0.25) is 4.79 Å². The molecule has 0 aliphatic rings. The third-order valence-corrected chi connectivity index (χ3v) is 3.10. The van der Waals surface area contributed by atoms with E-state index in [1.807, 2.05) is 0 Å². The summed E-state index contributed by atoms with van der Waals surface area (Å²) >= 11 is 0. The van der Waals surface area contributed by atoms with Crippen molar-refractivity contribution < 1.29 is 9.90 Å². The second kappa shape index (κ2) is 3.87. The molecule has 0 bridgehead atoms. The van der Waals surface area contributed by atoms with Gasteiger partial charge in [0.2, 0.25) is 0 Å². The molecule has 2 N–H and O–H groups in total. The molecule has 0 saturated heterocycles. The number of aliphatic carboxylic acids is 1. The number of hydrogen-bond donors (Lipinski definition) is 2. The highest BCUT2D eigenvalue weighted by molar-refractivity contribution is 6.76. The Kier molecular flexibility index (Phi) is 3.75. The number of carboxylic acids is 1. The molecule has 66 valence electrons. The van der Waals surface area contributed by atoms with Gasteiger partial charge in [0.05, 0.1) is 0 Å². The molecule has 0 aromatic carbocycles. The minimum absolute atomic E-state index is 0.360. The molecule has 0 aliphatic heterocycles. The summed E-state index contributed by atoms with van der Waals surface area (Å²) in [5.41, 5.74) is 0. The lowest BCUT2D eigenvalue weighted by atomic mass is 10.3. The van der Waals surface area contributed by atoms with Crippen molar-refractivity contribution in [2.75, 3.05) is 7.05 Å². The predicted molar refractivity (Wildman–Crippen MR) is 48.6 cm³/mol. The molecule has 0 amide bonds. The summed E-state index contributed by atoms with van der Waals surface area (Å²) in [6, 6.07) is 0.431. The van der Waals surface area contributed by atoms with Gasteiger partial charge in [0.25, 0.3) is 0 Å². The van der Waals surface area contributed by atoms with Gasteiger partial charge in [-0.05, 0) is 13.1 Å². The zero-order chi connectivity index (χ0) is 9.07. The molecule has 0 aliphatic carbocycles.